The molecular formula is C16H22N2OS. The van der Waals surface area contributed by atoms with Crippen LogP contribution in [0, 0.1) is 18.8 Å². The number of carbonyl (C=O) groups is 1. The lowest BCUT2D eigenvalue weighted by Gasteiger charge is -2.33. The first-order valence-electron chi connectivity index (χ1n) is 7.12. The van der Waals surface area contributed by atoms with E-state index in [1.54, 1.807) is 0 Å². The maximum atomic E-state index is 12.8. The molecule has 1 aliphatic heterocycles. The fourth-order valence-corrected chi connectivity index (χ4v) is 3.23. The second kappa shape index (κ2) is 5.92. The monoisotopic (exact) mass is 290 g/mol. The van der Waals surface area contributed by atoms with Gasteiger partial charge in [-0.15, -0.1) is 0 Å². The highest BCUT2D eigenvalue weighted by molar-refractivity contribution is 7.80. The molecule has 108 valence electrons. The minimum Gasteiger partial charge on any atom is -0.393 e. The normalized spacial score (nSPS) is 15.9. The Labute approximate surface area is 126 Å². The van der Waals surface area contributed by atoms with Crippen LogP contribution in [0.3, 0.4) is 0 Å². The summed E-state index contributed by atoms with van der Waals surface area (Å²) in [5, 5.41) is 0. The predicted molar refractivity (Wildman–Crippen MR) is 87.0 cm³/mol. The smallest absolute Gasteiger partial charge is 0.237 e. The van der Waals surface area contributed by atoms with E-state index in [1.165, 1.54) is 11.1 Å². The number of carbonyl (C=O) groups excluding carboxylic acids is 1. The molecule has 4 heteroatoms. The Balaban J connectivity index is 2.35. The number of fused-ring (bicyclic) bond motifs is 1. The van der Waals surface area contributed by atoms with Crippen molar-refractivity contribution in [2.45, 2.75) is 33.6 Å². The predicted octanol–water partition coefficient (Wildman–Crippen LogP) is 2.83. The van der Waals surface area contributed by atoms with Crippen molar-refractivity contribution in [2.24, 2.45) is 17.6 Å². The minimum atomic E-state index is -0.378. The summed E-state index contributed by atoms with van der Waals surface area (Å²) < 4.78 is 0. The number of hydrogen-bond acceptors (Lipinski definition) is 2. The Morgan fingerprint density at radius 1 is 1.40 bits per heavy atom. The van der Waals surface area contributed by atoms with Crippen molar-refractivity contribution in [1.29, 1.82) is 0 Å². The van der Waals surface area contributed by atoms with Crippen LogP contribution in [0.5, 0.6) is 0 Å². The van der Waals surface area contributed by atoms with Gasteiger partial charge in [-0.05, 0) is 37.3 Å². The first kappa shape index (κ1) is 15.0. The lowest BCUT2D eigenvalue weighted by molar-refractivity contribution is -0.121. The van der Waals surface area contributed by atoms with Crippen LogP contribution in [0.1, 0.15) is 31.4 Å². The van der Waals surface area contributed by atoms with E-state index in [-0.39, 0.29) is 17.7 Å². The van der Waals surface area contributed by atoms with Crippen LogP contribution >= 0.6 is 12.2 Å². The molecule has 0 radical (unpaired) electrons. The average molecular weight is 290 g/mol. The highest BCUT2D eigenvalue weighted by atomic mass is 32.1. The molecule has 0 fully saturated rings. The van der Waals surface area contributed by atoms with Gasteiger partial charge < -0.3 is 10.6 Å². The van der Waals surface area contributed by atoms with Crippen molar-refractivity contribution in [3.63, 3.8) is 0 Å². The number of nitrogens with two attached hydrogens (primary N) is 1. The topological polar surface area (TPSA) is 46.3 Å². The van der Waals surface area contributed by atoms with Gasteiger partial charge in [0.15, 0.2) is 0 Å². The zero-order chi connectivity index (χ0) is 14.9. The summed E-state index contributed by atoms with van der Waals surface area (Å²) in [4.78, 5) is 14.9. The Bertz CT molecular complexity index is 539. The third kappa shape index (κ3) is 2.85. The number of thiocarbonyl (C=S) groups is 1. The third-order valence-electron chi connectivity index (χ3n) is 3.86. The van der Waals surface area contributed by atoms with Crippen LogP contribution in [0.15, 0.2) is 18.2 Å². The standard InChI is InChI=1S/C16H22N2OS/c1-10(2)14(15(17)20)16(19)18-8-4-5-12-9-11(3)6-7-13(12)18/h6-7,9-10,14H,4-5,8H2,1-3H3,(H2,17,20). The van der Waals surface area contributed by atoms with Gasteiger partial charge in [-0.3, -0.25) is 4.79 Å². The second-order valence-electron chi connectivity index (χ2n) is 5.85. The third-order valence-corrected chi connectivity index (χ3v) is 4.11. The van der Waals surface area contributed by atoms with Crippen molar-refractivity contribution in [1.82, 2.24) is 0 Å². The summed E-state index contributed by atoms with van der Waals surface area (Å²) in [5.74, 6) is -0.217. The van der Waals surface area contributed by atoms with Crippen LogP contribution in [-0.4, -0.2) is 17.4 Å². The van der Waals surface area contributed by atoms with Crippen LogP contribution in [0.4, 0.5) is 5.69 Å². The zero-order valence-corrected chi connectivity index (χ0v) is 13.2. The van der Waals surface area contributed by atoms with Gasteiger partial charge in [0.2, 0.25) is 5.91 Å². The molecule has 1 aromatic rings. The molecule has 0 saturated carbocycles. The van der Waals surface area contributed by atoms with Crippen molar-refractivity contribution < 1.29 is 4.79 Å². The molecular weight excluding hydrogens is 268 g/mol. The molecule has 2 rings (SSSR count). The lowest BCUT2D eigenvalue weighted by atomic mass is 9.92. The molecule has 1 aliphatic rings. The molecule has 1 heterocycles. The fraction of sp³-hybridized carbons (Fsp3) is 0.500. The number of anilines is 1. The maximum absolute atomic E-state index is 12.8. The highest BCUT2D eigenvalue weighted by Crippen LogP contribution is 2.30. The summed E-state index contributed by atoms with van der Waals surface area (Å²) in [7, 11) is 0. The minimum absolute atomic E-state index is 0.0392. The van der Waals surface area contributed by atoms with Crippen molar-refractivity contribution >= 4 is 28.8 Å². The van der Waals surface area contributed by atoms with E-state index < -0.39 is 0 Å². The van der Waals surface area contributed by atoms with Crippen molar-refractivity contribution in [2.75, 3.05) is 11.4 Å². The molecule has 1 aromatic carbocycles. The van der Waals surface area contributed by atoms with Crippen LogP contribution < -0.4 is 10.6 Å². The summed E-state index contributed by atoms with van der Waals surface area (Å²) in [6, 6.07) is 6.26. The summed E-state index contributed by atoms with van der Waals surface area (Å²) in [6.45, 7) is 6.80. The van der Waals surface area contributed by atoms with E-state index in [1.807, 2.05) is 24.8 Å². The van der Waals surface area contributed by atoms with Crippen molar-refractivity contribution in [3.05, 3.63) is 29.3 Å². The van der Waals surface area contributed by atoms with Crippen molar-refractivity contribution in [3.8, 4) is 0 Å². The van der Waals surface area contributed by atoms with Gasteiger partial charge in [-0.1, -0.05) is 43.8 Å². The zero-order valence-electron chi connectivity index (χ0n) is 12.3. The van der Waals surface area contributed by atoms with Crippen LogP contribution in [-0.2, 0) is 11.2 Å². The van der Waals surface area contributed by atoms with Gasteiger partial charge in [-0.2, -0.15) is 0 Å². The molecule has 0 spiro atoms. The highest BCUT2D eigenvalue weighted by Gasteiger charge is 2.32. The van der Waals surface area contributed by atoms with E-state index >= 15 is 0 Å². The Morgan fingerprint density at radius 2 is 2.10 bits per heavy atom. The van der Waals surface area contributed by atoms with Crippen LogP contribution in [0.2, 0.25) is 0 Å². The molecule has 1 amide bonds. The van der Waals surface area contributed by atoms with Gasteiger partial charge in [0.05, 0.1) is 10.9 Å². The molecule has 2 N–H and O–H groups in total. The molecule has 1 atom stereocenters. The first-order chi connectivity index (χ1) is 9.41. The Kier molecular flexibility index (Phi) is 4.43. The maximum Gasteiger partial charge on any atom is 0.237 e. The van der Waals surface area contributed by atoms with Crippen LogP contribution in [0.25, 0.3) is 0 Å². The number of amides is 1. The SMILES string of the molecule is Cc1ccc2c(c1)CCCN2C(=O)C(C(N)=S)C(C)C. The number of hydrogen-bond donors (Lipinski definition) is 1. The summed E-state index contributed by atoms with van der Waals surface area (Å²) >= 11 is 5.09. The van der Waals surface area contributed by atoms with E-state index in [4.69, 9.17) is 18.0 Å². The molecule has 0 aliphatic carbocycles. The number of aryl methyl sites for hydroxylation is 2. The molecule has 3 nitrogen and oxygen atoms in total. The fourth-order valence-electron chi connectivity index (χ4n) is 2.86. The van der Waals surface area contributed by atoms with E-state index in [9.17, 15) is 4.79 Å². The average Bonchev–Trinajstić information content (AvgIpc) is 2.36. The Hall–Kier alpha value is -1.42. The van der Waals surface area contributed by atoms with Gasteiger partial charge in [0, 0.05) is 12.2 Å². The first-order valence-corrected chi connectivity index (χ1v) is 7.53. The number of nitrogens with zero attached hydrogens (tertiary/aromatic N) is 1. The molecule has 0 saturated heterocycles. The molecule has 0 aromatic heterocycles. The van der Waals surface area contributed by atoms with E-state index in [0.29, 0.717) is 4.99 Å². The quantitative estimate of drug-likeness (QED) is 0.871. The summed E-state index contributed by atoms with van der Waals surface area (Å²) in [6.07, 6.45) is 2.02. The molecule has 1 unspecified atom stereocenters. The van der Waals surface area contributed by atoms with Gasteiger partial charge in [0.25, 0.3) is 0 Å². The van der Waals surface area contributed by atoms with Gasteiger partial charge in [-0.25, -0.2) is 0 Å². The number of benzene rings is 1. The second-order valence-corrected chi connectivity index (χ2v) is 6.32. The Morgan fingerprint density at radius 3 is 2.70 bits per heavy atom. The largest absolute Gasteiger partial charge is 0.393 e. The lowest BCUT2D eigenvalue weighted by Crippen LogP contribution is -2.45. The number of rotatable bonds is 3. The van der Waals surface area contributed by atoms with Gasteiger partial charge in [0.1, 0.15) is 0 Å². The molecule has 20 heavy (non-hydrogen) atoms. The summed E-state index contributed by atoms with van der Waals surface area (Å²) in [5.41, 5.74) is 9.27. The van der Waals surface area contributed by atoms with E-state index in [2.05, 4.69) is 19.1 Å². The van der Waals surface area contributed by atoms with E-state index in [0.717, 1.165) is 25.1 Å². The molecule has 0 bridgehead atoms. The van der Waals surface area contributed by atoms with Gasteiger partial charge >= 0.3 is 0 Å².